The predicted octanol–water partition coefficient (Wildman–Crippen LogP) is 2.58. The Labute approximate surface area is 106 Å². The van der Waals surface area contributed by atoms with Crippen LogP contribution in [0.1, 0.15) is 24.5 Å². The van der Waals surface area contributed by atoms with E-state index in [2.05, 4.69) is 12.2 Å². The lowest BCUT2D eigenvalue weighted by Crippen LogP contribution is -2.47. The molecule has 0 amide bonds. The number of nitrogens with one attached hydrogen (secondary N) is 1. The molecule has 1 aliphatic rings. The summed E-state index contributed by atoms with van der Waals surface area (Å²) in [7, 11) is 0. The fourth-order valence-corrected chi connectivity index (χ4v) is 2.26. The lowest BCUT2D eigenvalue weighted by atomic mass is 10.0. The number of hydrogen-bond acceptors (Lipinski definition) is 2. The van der Waals surface area contributed by atoms with Crippen molar-refractivity contribution < 1.29 is 13.5 Å². The van der Waals surface area contributed by atoms with Crippen LogP contribution in [0, 0.1) is 18.6 Å². The topological polar surface area (TPSA) is 21.3 Å². The van der Waals surface area contributed by atoms with Crippen LogP contribution in [0.3, 0.4) is 0 Å². The Morgan fingerprint density at radius 2 is 2.06 bits per heavy atom. The van der Waals surface area contributed by atoms with Crippen molar-refractivity contribution in [1.29, 1.82) is 0 Å². The van der Waals surface area contributed by atoms with Crippen LogP contribution in [0.4, 0.5) is 8.78 Å². The molecule has 0 saturated carbocycles. The Morgan fingerprint density at radius 1 is 1.28 bits per heavy atom. The summed E-state index contributed by atoms with van der Waals surface area (Å²) in [6.45, 7) is 4.98. The second kappa shape index (κ2) is 5.76. The Bertz CT molecular complexity index is 423. The molecule has 2 rings (SSSR count). The van der Waals surface area contributed by atoms with Gasteiger partial charge in [0.15, 0.2) is 0 Å². The first kappa shape index (κ1) is 13.4. The molecule has 1 aromatic carbocycles. The summed E-state index contributed by atoms with van der Waals surface area (Å²) in [5, 5.41) is 3.39. The van der Waals surface area contributed by atoms with Gasteiger partial charge in [-0.05, 0) is 49.9 Å². The van der Waals surface area contributed by atoms with E-state index in [1.54, 1.807) is 6.92 Å². The molecule has 0 bridgehead atoms. The molecule has 1 N–H and O–H groups in total. The van der Waals surface area contributed by atoms with Crippen molar-refractivity contribution >= 4 is 0 Å². The minimum Gasteiger partial charge on any atom is -0.378 e. The van der Waals surface area contributed by atoms with E-state index in [1.165, 1.54) is 12.1 Å². The van der Waals surface area contributed by atoms with Crippen LogP contribution in [0.15, 0.2) is 12.1 Å². The summed E-state index contributed by atoms with van der Waals surface area (Å²) in [5.41, 5.74) is 0.794. The monoisotopic (exact) mass is 255 g/mol. The van der Waals surface area contributed by atoms with Gasteiger partial charge in [-0.3, -0.25) is 0 Å². The van der Waals surface area contributed by atoms with Crippen LogP contribution in [-0.2, 0) is 11.2 Å². The molecule has 1 saturated heterocycles. The van der Waals surface area contributed by atoms with Crippen LogP contribution >= 0.6 is 0 Å². The molecule has 2 unspecified atom stereocenters. The average molecular weight is 255 g/mol. The summed E-state index contributed by atoms with van der Waals surface area (Å²) >= 11 is 0. The Balaban J connectivity index is 1.95. The van der Waals surface area contributed by atoms with Crippen molar-refractivity contribution in [3.8, 4) is 0 Å². The summed E-state index contributed by atoms with van der Waals surface area (Å²) < 4.78 is 32.4. The largest absolute Gasteiger partial charge is 0.378 e. The predicted molar refractivity (Wildman–Crippen MR) is 66.6 cm³/mol. The fraction of sp³-hybridized carbons (Fsp3) is 0.571. The summed E-state index contributed by atoms with van der Waals surface area (Å²) in [5.74, 6) is -0.661. The molecule has 0 aromatic heterocycles. The van der Waals surface area contributed by atoms with E-state index in [0.717, 1.165) is 6.42 Å². The molecule has 18 heavy (non-hydrogen) atoms. The molecule has 2 atom stereocenters. The minimum atomic E-state index is -0.340. The number of halogens is 2. The Morgan fingerprint density at radius 3 is 2.78 bits per heavy atom. The van der Waals surface area contributed by atoms with Crippen LogP contribution in [0.2, 0.25) is 0 Å². The van der Waals surface area contributed by atoms with Gasteiger partial charge in [-0.1, -0.05) is 0 Å². The van der Waals surface area contributed by atoms with Crippen molar-refractivity contribution in [2.24, 2.45) is 0 Å². The normalized spacial score (nSPS) is 24.2. The first-order valence-electron chi connectivity index (χ1n) is 6.34. The van der Waals surface area contributed by atoms with Gasteiger partial charge in [-0.2, -0.15) is 0 Å². The number of hydrogen-bond donors (Lipinski definition) is 1. The fourth-order valence-electron chi connectivity index (χ4n) is 2.26. The van der Waals surface area contributed by atoms with Gasteiger partial charge < -0.3 is 10.1 Å². The highest BCUT2D eigenvalue weighted by Gasteiger charge is 2.18. The lowest BCUT2D eigenvalue weighted by Gasteiger charge is -2.29. The van der Waals surface area contributed by atoms with Crippen molar-refractivity contribution in [3.63, 3.8) is 0 Å². The van der Waals surface area contributed by atoms with Crippen LogP contribution in [0.25, 0.3) is 0 Å². The third-order valence-corrected chi connectivity index (χ3v) is 3.30. The molecule has 1 heterocycles. The maximum absolute atomic E-state index is 13.6. The van der Waals surface area contributed by atoms with E-state index < -0.39 is 0 Å². The quantitative estimate of drug-likeness (QED) is 0.896. The number of aryl methyl sites for hydroxylation is 2. The molecular formula is C14H19F2NO. The zero-order valence-corrected chi connectivity index (χ0v) is 10.8. The smallest absolute Gasteiger partial charge is 0.126 e. The van der Waals surface area contributed by atoms with Gasteiger partial charge in [-0.25, -0.2) is 8.78 Å². The van der Waals surface area contributed by atoms with Crippen molar-refractivity contribution in [2.45, 2.75) is 38.8 Å². The van der Waals surface area contributed by atoms with E-state index in [9.17, 15) is 8.78 Å². The van der Waals surface area contributed by atoms with Gasteiger partial charge in [0.1, 0.15) is 11.6 Å². The summed E-state index contributed by atoms with van der Waals surface area (Å²) in [6, 6.07) is 3.11. The number of rotatable bonds is 3. The SMILES string of the molecule is Cc1cc(F)c(CCC2COCC(C)N2)cc1F. The second-order valence-electron chi connectivity index (χ2n) is 5.03. The maximum atomic E-state index is 13.6. The lowest BCUT2D eigenvalue weighted by molar-refractivity contribution is 0.0482. The van der Waals surface area contributed by atoms with Gasteiger partial charge in [0, 0.05) is 12.1 Å². The standard InChI is InChI=1S/C14H19F2NO/c1-9-5-14(16)11(6-13(9)15)3-4-12-8-18-7-10(2)17-12/h5-6,10,12,17H,3-4,7-8H2,1-2H3. The minimum absolute atomic E-state index is 0.220. The third kappa shape index (κ3) is 3.27. The second-order valence-corrected chi connectivity index (χ2v) is 5.03. The average Bonchev–Trinajstić information content (AvgIpc) is 2.32. The molecule has 1 aromatic rings. The number of ether oxygens (including phenoxy) is 1. The van der Waals surface area contributed by atoms with Gasteiger partial charge in [0.05, 0.1) is 13.2 Å². The van der Waals surface area contributed by atoms with Crippen molar-refractivity contribution in [3.05, 3.63) is 34.9 Å². The molecule has 0 radical (unpaired) electrons. The van der Waals surface area contributed by atoms with Crippen molar-refractivity contribution in [1.82, 2.24) is 5.32 Å². The maximum Gasteiger partial charge on any atom is 0.126 e. The first-order chi connectivity index (χ1) is 8.56. The zero-order valence-electron chi connectivity index (χ0n) is 10.8. The number of benzene rings is 1. The van der Waals surface area contributed by atoms with Gasteiger partial charge in [-0.15, -0.1) is 0 Å². The highest BCUT2D eigenvalue weighted by atomic mass is 19.1. The number of morpholine rings is 1. The van der Waals surface area contributed by atoms with Gasteiger partial charge in [0.25, 0.3) is 0 Å². The van der Waals surface area contributed by atoms with Gasteiger partial charge in [0.2, 0.25) is 0 Å². The van der Waals surface area contributed by atoms with E-state index in [-0.39, 0.29) is 17.7 Å². The van der Waals surface area contributed by atoms with E-state index in [4.69, 9.17) is 4.74 Å². The molecule has 2 nitrogen and oxygen atoms in total. The summed E-state index contributed by atoms with van der Waals surface area (Å²) in [4.78, 5) is 0. The molecule has 0 spiro atoms. The third-order valence-electron chi connectivity index (χ3n) is 3.30. The molecule has 1 fully saturated rings. The van der Waals surface area contributed by atoms with E-state index in [0.29, 0.717) is 36.8 Å². The molecular weight excluding hydrogens is 236 g/mol. The van der Waals surface area contributed by atoms with Crippen LogP contribution in [-0.4, -0.2) is 25.3 Å². The molecule has 0 aliphatic carbocycles. The van der Waals surface area contributed by atoms with Crippen molar-refractivity contribution in [2.75, 3.05) is 13.2 Å². The Kier molecular flexibility index (Phi) is 4.30. The van der Waals surface area contributed by atoms with E-state index in [1.807, 2.05) is 0 Å². The highest BCUT2D eigenvalue weighted by Crippen LogP contribution is 2.17. The highest BCUT2D eigenvalue weighted by molar-refractivity contribution is 5.25. The summed E-state index contributed by atoms with van der Waals surface area (Å²) in [6.07, 6.45) is 1.28. The molecule has 4 heteroatoms. The van der Waals surface area contributed by atoms with Gasteiger partial charge >= 0.3 is 0 Å². The van der Waals surface area contributed by atoms with E-state index >= 15 is 0 Å². The zero-order chi connectivity index (χ0) is 13.1. The molecule has 1 aliphatic heterocycles. The Hall–Kier alpha value is -1.00. The van der Waals surface area contributed by atoms with Crippen LogP contribution in [0.5, 0.6) is 0 Å². The molecule has 100 valence electrons. The first-order valence-corrected chi connectivity index (χ1v) is 6.34. The van der Waals surface area contributed by atoms with Crippen LogP contribution < -0.4 is 5.32 Å².